The van der Waals surface area contributed by atoms with Crippen LogP contribution >= 0.6 is 11.3 Å². The minimum Gasteiger partial charge on any atom is -0.372 e. The Balaban J connectivity index is 2.28. The molecule has 0 aliphatic carbocycles. The normalized spacial score (nSPS) is 10.2. The number of carbonyl (C=O) groups excluding carboxylic acids is 1. The molecule has 0 spiro atoms. The van der Waals surface area contributed by atoms with Crippen molar-refractivity contribution in [3.63, 3.8) is 0 Å². The summed E-state index contributed by atoms with van der Waals surface area (Å²) in [6.45, 7) is 0.328. The second-order valence-electron chi connectivity index (χ2n) is 4.24. The Kier molecular flexibility index (Phi) is 4.43. The van der Waals surface area contributed by atoms with Gasteiger partial charge in [0.15, 0.2) is 0 Å². The first-order valence-electron chi connectivity index (χ1n) is 5.97. The Bertz CT molecular complexity index is 659. The summed E-state index contributed by atoms with van der Waals surface area (Å²) in [7, 11) is 3.21. The maximum atomic E-state index is 12.4. The molecule has 110 valence electrons. The van der Waals surface area contributed by atoms with Crippen LogP contribution in [0.4, 0.5) is 11.5 Å². The first-order chi connectivity index (χ1) is 10.0. The molecule has 2 heterocycles. The van der Waals surface area contributed by atoms with Crippen molar-refractivity contribution in [1.82, 2.24) is 14.9 Å². The molecule has 21 heavy (non-hydrogen) atoms. The number of hydrogen-bond donors (Lipinski definition) is 1. The summed E-state index contributed by atoms with van der Waals surface area (Å²) < 4.78 is 0. The van der Waals surface area contributed by atoms with E-state index >= 15 is 0 Å². The van der Waals surface area contributed by atoms with Gasteiger partial charge in [-0.3, -0.25) is 14.9 Å². The van der Waals surface area contributed by atoms with E-state index in [0.717, 1.165) is 11.9 Å². The van der Waals surface area contributed by atoms with Crippen molar-refractivity contribution >= 4 is 28.7 Å². The summed E-state index contributed by atoms with van der Waals surface area (Å²) in [6.07, 6.45) is 1.11. The second kappa shape index (κ2) is 6.27. The second-order valence-corrected chi connectivity index (χ2v) is 4.96. The van der Waals surface area contributed by atoms with Gasteiger partial charge in [0.25, 0.3) is 11.6 Å². The number of nitrogens with zero attached hydrogens (tertiary/aromatic N) is 4. The predicted octanol–water partition coefficient (Wildman–Crippen LogP) is 1.76. The van der Waals surface area contributed by atoms with Crippen LogP contribution in [0.5, 0.6) is 0 Å². The highest BCUT2D eigenvalue weighted by Gasteiger charge is 2.21. The van der Waals surface area contributed by atoms with Crippen molar-refractivity contribution in [3.8, 4) is 0 Å². The maximum Gasteiger partial charge on any atom is 0.288 e. The van der Waals surface area contributed by atoms with Crippen molar-refractivity contribution in [3.05, 3.63) is 44.5 Å². The van der Waals surface area contributed by atoms with Gasteiger partial charge in [0.1, 0.15) is 12.0 Å². The molecule has 9 heteroatoms. The van der Waals surface area contributed by atoms with Crippen LogP contribution in [0.1, 0.15) is 16.1 Å². The average Bonchev–Trinajstić information content (AvgIpc) is 2.98. The highest BCUT2D eigenvalue weighted by Crippen LogP contribution is 2.20. The summed E-state index contributed by atoms with van der Waals surface area (Å²) >= 11 is 1.44. The molecule has 0 aliphatic rings. The van der Waals surface area contributed by atoms with E-state index in [2.05, 4.69) is 15.3 Å². The fraction of sp³-hybridized carbons (Fsp3) is 0.250. The third kappa shape index (κ3) is 3.31. The van der Waals surface area contributed by atoms with Gasteiger partial charge in [0, 0.05) is 25.5 Å². The van der Waals surface area contributed by atoms with Gasteiger partial charge >= 0.3 is 0 Å². The van der Waals surface area contributed by atoms with Crippen LogP contribution in [0.25, 0.3) is 0 Å². The van der Waals surface area contributed by atoms with Crippen molar-refractivity contribution in [1.29, 1.82) is 0 Å². The van der Waals surface area contributed by atoms with E-state index in [1.54, 1.807) is 19.6 Å². The monoisotopic (exact) mass is 307 g/mol. The molecule has 0 saturated heterocycles. The summed E-state index contributed by atoms with van der Waals surface area (Å²) in [6, 6.07) is 1.22. The summed E-state index contributed by atoms with van der Waals surface area (Å²) in [5.74, 6) is -0.0562. The lowest BCUT2D eigenvalue weighted by Gasteiger charge is -2.17. The molecule has 8 nitrogen and oxygen atoms in total. The predicted molar refractivity (Wildman–Crippen MR) is 78.3 cm³/mol. The molecule has 0 saturated carbocycles. The molecule has 0 bridgehead atoms. The molecule has 0 aromatic carbocycles. The highest BCUT2D eigenvalue weighted by atomic mass is 32.1. The number of nitro groups is 1. The molecule has 0 atom stereocenters. The van der Waals surface area contributed by atoms with Crippen LogP contribution in [0, 0.1) is 10.1 Å². The number of carbonyl (C=O) groups is 1. The molecular weight excluding hydrogens is 294 g/mol. The number of aromatic nitrogens is 2. The molecule has 2 rings (SSSR count). The van der Waals surface area contributed by atoms with Crippen molar-refractivity contribution in [2.45, 2.75) is 6.54 Å². The fourth-order valence-corrected chi connectivity index (χ4v) is 2.30. The van der Waals surface area contributed by atoms with Crippen LogP contribution < -0.4 is 5.32 Å². The lowest BCUT2D eigenvalue weighted by molar-refractivity contribution is -0.385. The molecule has 0 aliphatic heterocycles. The molecule has 0 unspecified atom stereocenters. The number of hydrogen-bond acceptors (Lipinski definition) is 7. The molecule has 2 aromatic rings. The molecule has 1 amide bonds. The third-order valence-electron chi connectivity index (χ3n) is 2.78. The number of anilines is 1. The largest absolute Gasteiger partial charge is 0.372 e. The fourth-order valence-electron chi connectivity index (χ4n) is 1.75. The molecule has 0 fully saturated rings. The minimum atomic E-state index is -0.580. The Morgan fingerprint density at radius 2 is 2.29 bits per heavy atom. The number of pyridine rings is 1. The van der Waals surface area contributed by atoms with E-state index in [0.29, 0.717) is 12.4 Å². The van der Waals surface area contributed by atoms with Crippen LogP contribution in [0.3, 0.4) is 0 Å². The first-order valence-corrected chi connectivity index (χ1v) is 6.92. The van der Waals surface area contributed by atoms with Crippen molar-refractivity contribution in [2.24, 2.45) is 0 Å². The van der Waals surface area contributed by atoms with Crippen LogP contribution in [-0.4, -0.2) is 39.8 Å². The summed E-state index contributed by atoms with van der Waals surface area (Å²) in [5, 5.41) is 15.4. The lowest BCUT2D eigenvalue weighted by Crippen LogP contribution is -2.27. The zero-order chi connectivity index (χ0) is 15.4. The van der Waals surface area contributed by atoms with Gasteiger partial charge in [-0.25, -0.2) is 9.97 Å². The number of rotatable bonds is 5. The Labute approximate surface area is 124 Å². The van der Waals surface area contributed by atoms with Crippen LogP contribution in [-0.2, 0) is 6.54 Å². The zero-order valence-corrected chi connectivity index (χ0v) is 12.3. The van der Waals surface area contributed by atoms with Gasteiger partial charge in [0.05, 0.1) is 28.2 Å². The highest BCUT2D eigenvalue weighted by molar-refractivity contribution is 7.07. The smallest absolute Gasteiger partial charge is 0.288 e. The van der Waals surface area contributed by atoms with Gasteiger partial charge in [0.2, 0.25) is 0 Å². The Hall–Kier alpha value is -2.55. The summed E-state index contributed by atoms with van der Waals surface area (Å²) in [5.41, 5.74) is 2.38. The maximum absolute atomic E-state index is 12.4. The van der Waals surface area contributed by atoms with Gasteiger partial charge in [-0.15, -0.1) is 11.3 Å². The van der Waals surface area contributed by atoms with E-state index in [-0.39, 0.29) is 17.2 Å². The standard InChI is InChI=1S/C12H13N5O3S/c1-13-11-10(3-9(4-14-11)17(19)20)12(18)16(2)5-8-6-21-7-15-8/h3-4,6-7H,5H2,1-2H3,(H,13,14). The third-order valence-corrected chi connectivity index (χ3v) is 3.42. The van der Waals surface area contributed by atoms with Gasteiger partial charge in [-0.2, -0.15) is 0 Å². The zero-order valence-electron chi connectivity index (χ0n) is 11.4. The average molecular weight is 307 g/mol. The van der Waals surface area contributed by atoms with Gasteiger partial charge < -0.3 is 10.2 Å². The summed E-state index contributed by atoms with van der Waals surface area (Å²) in [4.78, 5) is 32.1. The SMILES string of the molecule is CNc1ncc([N+](=O)[O-])cc1C(=O)N(C)Cc1cscn1. The molecule has 1 N–H and O–H groups in total. The quantitative estimate of drug-likeness (QED) is 0.667. The van der Waals surface area contributed by atoms with Crippen LogP contribution in [0.2, 0.25) is 0 Å². The number of amides is 1. The van der Waals surface area contributed by atoms with E-state index in [1.807, 2.05) is 5.38 Å². The molecular formula is C12H13N5O3S. The van der Waals surface area contributed by atoms with E-state index in [4.69, 9.17) is 0 Å². The molecule has 2 aromatic heterocycles. The van der Waals surface area contributed by atoms with E-state index in [1.165, 1.54) is 22.3 Å². The van der Waals surface area contributed by atoms with Crippen molar-refractivity contribution in [2.75, 3.05) is 19.4 Å². The van der Waals surface area contributed by atoms with Crippen molar-refractivity contribution < 1.29 is 9.72 Å². The number of nitrogens with one attached hydrogen (secondary N) is 1. The Morgan fingerprint density at radius 3 is 2.86 bits per heavy atom. The van der Waals surface area contributed by atoms with E-state index in [9.17, 15) is 14.9 Å². The van der Waals surface area contributed by atoms with Gasteiger partial charge in [-0.05, 0) is 0 Å². The first kappa shape index (κ1) is 14.9. The number of thiazole rings is 1. The lowest BCUT2D eigenvalue weighted by atomic mass is 10.2. The van der Waals surface area contributed by atoms with E-state index < -0.39 is 4.92 Å². The topological polar surface area (TPSA) is 101 Å². The minimum absolute atomic E-state index is 0.157. The Morgan fingerprint density at radius 1 is 1.52 bits per heavy atom. The van der Waals surface area contributed by atoms with Gasteiger partial charge in [-0.1, -0.05) is 0 Å². The molecule has 0 radical (unpaired) electrons. The van der Waals surface area contributed by atoms with Crippen LogP contribution in [0.15, 0.2) is 23.2 Å².